The predicted molar refractivity (Wildman–Crippen MR) is 136 cm³/mol. The Hall–Kier alpha value is -4.70. The molecule has 0 saturated heterocycles. The molecule has 4 heteroatoms. The molecule has 2 amide bonds. The maximum absolute atomic E-state index is 13.5. The highest BCUT2D eigenvalue weighted by atomic mass is 16.2. The van der Waals surface area contributed by atoms with Crippen molar-refractivity contribution < 1.29 is 9.59 Å². The first-order chi connectivity index (χ1) is 16.7. The first-order valence-electron chi connectivity index (χ1n) is 11.2. The van der Waals surface area contributed by atoms with Gasteiger partial charge in [-0.2, -0.15) is 0 Å². The van der Waals surface area contributed by atoms with E-state index in [1.54, 1.807) is 12.1 Å². The molecule has 2 heterocycles. The zero-order valence-electron chi connectivity index (χ0n) is 18.1. The average Bonchev–Trinajstić information content (AvgIpc) is 3.27. The van der Waals surface area contributed by atoms with E-state index >= 15 is 0 Å². The van der Waals surface area contributed by atoms with Crippen LogP contribution < -0.4 is 4.90 Å². The molecule has 7 rings (SSSR count). The number of hydrogen-bond acceptors (Lipinski definition) is 2. The second-order valence-corrected chi connectivity index (χ2v) is 8.57. The number of carbonyl (C=O) groups is 2. The smallest absolute Gasteiger partial charge is 0.265 e. The molecule has 34 heavy (non-hydrogen) atoms. The van der Waals surface area contributed by atoms with E-state index in [4.69, 9.17) is 0 Å². The van der Waals surface area contributed by atoms with Crippen LogP contribution in [-0.4, -0.2) is 16.8 Å². The lowest BCUT2D eigenvalue weighted by atomic mass is 9.88. The summed E-state index contributed by atoms with van der Waals surface area (Å²) in [4.78, 5) is 31.8. The molecule has 0 unspecified atom stereocenters. The third-order valence-electron chi connectivity index (χ3n) is 6.75. The fourth-order valence-corrected chi connectivity index (χ4v) is 5.24. The molecule has 0 saturated carbocycles. The van der Waals surface area contributed by atoms with Crippen LogP contribution in [0.5, 0.6) is 0 Å². The number of amides is 2. The number of fused-ring (bicyclic) bond motifs is 3. The molecule has 0 radical (unpaired) electrons. The largest absolute Gasteiger partial charge is 0.354 e. The number of hydrogen-bond donors (Lipinski definition) is 1. The van der Waals surface area contributed by atoms with Gasteiger partial charge in [-0.3, -0.25) is 9.59 Å². The quantitative estimate of drug-likeness (QED) is 0.298. The predicted octanol–water partition coefficient (Wildman–Crippen LogP) is 6.94. The van der Waals surface area contributed by atoms with Crippen molar-refractivity contribution in [3.63, 3.8) is 0 Å². The minimum Gasteiger partial charge on any atom is -0.354 e. The zero-order valence-corrected chi connectivity index (χ0v) is 18.1. The van der Waals surface area contributed by atoms with Crippen molar-refractivity contribution in [3.8, 4) is 11.1 Å². The number of imide groups is 1. The van der Waals surface area contributed by atoms with Crippen LogP contribution in [0.4, 0.5) is 5.69 Å². The third kappa shape index (κ3) is 2.48. The Morgan fingerprint density at radius 1 is 0.500 bits per heavy atom. The molecule has 0 fully saturated rings. The minimum absolute atomic E-state index is 0.296. The summed E-state index contributed by atoms with van der Waals surface area (Å²) in [6.07, 6.45) is 0. The van der Waals surface area contributed by atoms with Crippen LogP contribution in [0.2, 0.25) is 0 Å². The topological polar surface area (TPSA) is 53.2 Å². The SMILES string of the molecule is O=C1c2cccc3c(-c4cccc5c4[nH]c4ccccc45)ccc(c23)C(=O)N1c1ccccc1. The summed E-state index contributed by atoms with van der Waals surface area (Å²) in [5.41, 5.74) is 5.82. The second kappa shape index (κ2) is 6.90. The number of aromatic amines is 1. The van der Waals surface area contributed by atoms with E-state index < -0.39 is 0 Å². The van der Waals surface area contributed by atoms with Gasteiger partial charge in [-0.25, -0.2) is 4.90 Å². The summed E-state index contributed by atoms with van der Waals surface area (Å²) < 4.78 is 0. The van der Waals surface area contributed by atoms with E-state index in [1.807, 2.05) is 60.7 Å². The van der Waals surface area contributed by atoms with Gasteiger partial charge in [0.15, 0.2) is 0 Å². The lowest BCUT2D eigenvalue weighted by Crippen LogP contribution is -2.40. The second-order valence-electron chi connectivity index (χ2n) is 8.57. The third-order valence-corrected chi connectivity index (χ3v) is 6.75. The van der Waals surface area contributed by atoms with Crippen LogP contribution in [0.3, 0.4) is 0 Å². The van der Waals surface area contributed by atoms with Gasteiger partial charge >= 0.3 is 0 Å². The number of benzene rings is 5. The summed E-state index contributed by atoms with van der Waals surface area (Å²) in [6, 6.07) is 33.2. The molecule has 0 bridgehead atoms. The maximum atomic E-state index is 13.5. The summed E-state index contributed by atoms with van der Waals surface area (Å²) >= 11 is 0. The van der Waals surface area contributed by atoms with Gasteiger partial charge in [0.25, 0.3) is 11.8 Å². The summed E-state index contributed by atoms with van der Waals surface area (Å²) in [6.45, 7) is 0. The fraction of sp³-hybridized carbons (Fsp3) is 0. The number of anilines is 1. The van der Waals surface area contributed by atoms with Crippen molar-refractivity contribution in [2.24, 2.45) is 0 Å². The Labute approximate surface area is 195 Å². The monoisotopic (exact) mass is 438 g/mol. The molecule has 6 aromatic rings. The molecular weight excluding hydrogens is 420 g/mol. The molecular formula is C30H18N2O2. The Kier molecular flexibility index (Phi) is 3.82. The highest BCUT2D eigenvalue weighted by molar-refractivity contribution is 6.36. The number of nitrogens with one attached hydrogen (secondary N) is 1. The van der Waals surface area contributed by atoms with Gasteiger partial charge in [0.2, 0.25) is 0 Å². The average molecular weight is 438 g/mol. The van der Waals surface area contributed by atoms with Gasteiger partial charge in [-0.05, 0) is 41.3 Å². The Bertz CT molecular complexity index is 1780. The molecule has 4 nitrogen and oxygen atoms in total. The molecule has 0 spiro atoms. The van der Waals surface area contributed by atoms with Crippen LogP contribution in [0, 0.1) is 0 Å². The molecule has 1 aliphatic rings. The van der Waals surface area contributed by atoms with Crippen molar-refractivity contribution in [1.82, 2.24) is 4.98 Å². The van der Waals surface area contributed by atoms with E-state index in [2.05, 4.69) is 35.3 Å². The Morgan fingerprint density at radius 2 is 1.12 bits per heavy atom. The number of H-pyrrole nitrogens is 1. The number of para-hydroxylation sites is 3. The molecule has 1 aromatic heterocycles. The van der Waals surface area contributed by atoms with Crippen LogP contribution >= 0.6 is 0 Å². The standard InChI is InChI=1S/C30H18N2O2/c33-29-24-14-6-11-21-19(22-12-7-13-23-20-10-4-5-15-26(20)31-28(22)23)16-17-25(27(21)24)30(34)32(29)18-8-2-1-3-9-18/h1-17,31H. The van der Waals surface area contributed by atoms with Gasteiger partial charge in [-0.1, -0.05) is 72.8 Å². The van der Waals surface area contributed by atoms with E-state index in [9.17, 15) is 9.59 Å². The van der Waals surface area contributed by atoms with Gasteiger partial charge in [-0.15, -0.1) is 0 Å². The highest BCUT2D eigenvalue weighted by Gasteiger charge is 2.34. The van der Waals surface area contributed by atoms with Gasteiger partial charge in [0, 0.05) is 38.4 Å². The summed E-state index contributed by atoms with van der Waals surface area (Å²) in [5, 5.41) is 3.94. The van der Waals surface area contributed by atoms with Crippen LogP contribution in [0.25, 0.3) is 43.7 Å². The molecule has 1 N–H and O–H groups in total. The number of aromatic nitrogens is 1. The van der Waals surface area contributed by atoms with Crippen molar-refractivity contribution in [3.05, 3.63) is 114 Å². The Morgan fingerprint density at radius 3 is 1.94 bits per heavy atom. The van der Waals surface area contributed by atoms with E-state index in [-0.39, 0.29) is 11.8 Å². The fourth-order valence-electron chi connectivity index (χ4n) is 5.24. The minimum atomic E-state index is -0.296. The van der Waals surface area contributed by atoms with Crippen molar-refractivity contribution in [2.75, 3.05) is 4.90 Å². The summed E-state index contributed by atoms with van der Waals surface area (Å²) in [7, 11) is 0. The van der Waals surface area contributed by atoms with Crippen molar-refractivity contribution in [1.29, 1.82) is 0 Å². The molecule has 0 atom stereocenters. The molecule has 160 valence electrons. The van der Waals surface area contributed by atoms with Gasteiger partial charge in [0.1, 0.15) is 0 Å². The van der Waals surface area contributed by atoms with Crippen LogP contribution in [-0.2, 0) is 0 Å². The lowest BCUT2D eigenvalue weighted by molar-refractivity contribution is 0.0893. The number of carbonyl (C=O) groups excluding carboxylic acids is 2. The normalized spacial score (nSPS) is 13.4. The van der Waals surface area contributed by atoms with E-state index in [0.29, 0.717) is 16.8 Å². The summed E-state index contributed by atoms with van der Waals surface area (Å²) in [5.74, 6) is -0.592. The lowest BCUT2D eigenvalue weighted by Gasteiger charge is -2.28. The van der Waals surface area contributed by atoms with Crippen LogP contribution in [0.15, 0.2) is 103 Å². The van der Waals surface area contributed by atoms with E-state index in [1.165, 1.54) is 10.3 Å². The highest BCUT2D eigenvalue weighted by Crippen LogP contribution is 2.40. The Balaban J connectivity index is 1.50. The van der Waals surface area contributed by atoms with Gasteiger partial charge < -0.3 is 4.98 Å². The maximum Gasteiger partial charge on any atom is 0.265 e. The molecule has 1 aliphatic heterocycles. The molecule has 0 aliphatic carbocycles. The first-order valence-corrected chi connectivity index (χ1v) is 11.2. The zero-order chi connectivity index (χ0) is 22.8. The van der Waals surface area contributed by atoms with Crippen LogP contribution in [0.1, 0.15) is 20.7 Å². The number of nitrogens with zero attached hydrogens (tertiary/aromatic N) is 1. The van der Waals surface area contributed by atoms with Crippen molar-refractivity contribution >= 4 is 50.1 Å². The van der Waals surface area contributed by atoms with Gasteiger partial charge in [0.05, 0.1) is 11.2 Å². The number of rotatable bonds is 2. The van der Waals surface area contributed by atoms with Crippen molar-refractivity contribution in [2.45, 2.75) is 0 Å². The first kappa shape index (κ1) is 18.8. The van der Waals surface area contributed by atoms with E-state index in [0.717, 1.165) is 38.3 Å². The molecule has 5 aromatic carbocycles.